The number of aromatic nitrogens is 2. The molecule has 4 rings (SSSR count). The van der Waals surface area contributed by atoms with Crippen LogP contribution in [0.1, 0.15) is 18.4 Å². The molecule has 1 unspecified atom stereocenters. The summed E-state index contributed by atoms with van der Waals surface area (Å²) in [5.74, 6) is 0.286. The maximum atomic E-state index is 13.8. The molecule has 1 aromatic heterocycles. The normalized spacial score (nSPS) is 16.3. The largest absolute Gasteiger partial charge is 0.354 e. The van der Waals surface area contributed by atoms with Gasteiger partial charge in [-0.1, -0.05) is 48.2 Å². The second-order valence-corrected chi connectivity index (χ2v) is 8.26. The molecule has 0 spiro atoms. The van der Waals surface area contributed by atoms with E-state index in [0.717, 1.165) is 35.1 Å². The molecule has 5 nitrogen and oxygen atoms in total. The van der Waals surface area contributed by atoms with E-state index in [1.165, 1.54) is 6.07 Å². The summed E-state index contributed by atoms with van der Waals surface area (Å²) in [6.07, 6.45) is 5.08. The monoisotopic (exact) mass is 422 g/mol. The highest BCUT2D eigenvalue weighted by atomic mass is 32.2. The fourth-order valence-electron chi connectivity index (χ4n) is 3.56. The summed E-state index contributed by atoms with van der Waals surface area (Å²) in [7, 11) is 0. The van der Waals surface area contributed by atoms with Gasteiger partial charge in [0.2, 0.25) is 5.91 Å². The first-order valence-electron chi connectivity index (χ1n) is 10.0. The molecule has 2 heterocycles. The Morgan fingerprint density at radius 1 is 1.10 bits per heavy atom. The van der Waals surface area contributed by atoms with Gasteiger partial charge in [0, 0.05) is 42.5 Å². The third-order valence-corrected chi connectivity index (χ3v) is 6.10. The Morgan fingerprint density at radius 3 is 2.70 bits per heavy atom. The molecule has 0 radical (unpaired) electrons. The molecule has 1 amide bonds. The average Bonchev–Trinajstić information content (AvgIpc) is 2.79. The van der Waals surface area contributed by atoms with Crippen LogP contribution in [0.4, 0.5) is 10.2 Å². The summed E-state index contributed by atoms with van der Waals surface area (Å²) in [6, 6.07) is 16.6. The van der Waals surface area contributed by atoms with Gasteiger partial charge in [0.05, 0.1) is 5.92 Å². The van der Waals surface area contributed by atoms with Crippen molar-refractivity contribution in [3.63, 3.8) is 0 Å². The topological polar surface area (TPSA) is 58.1 Å². The molecular formula is C23H23FN4OS. The van der Waals surface area contributed by atoms with Crippen LogP contribution in [0.15, 0.2) is 76.9 Å². The lowest BCUT2D eigenvalue weighted by Crippen LogP contribution is -2.43. The lowest BCUT2D eigenvalue weighted by atomic mass is 9.97. The number of hydrogen-bond acceptors (Lipinski definition) is 5. The zero-order valence-corrected chi connectivity index (χ0v) is 17.3. The third kappa shape index (κ3) is 4.97. The van der Waals surface area contributed by atoms with Gasteiger partial charge in [-0.2, -0.15) is 0 Å². The molecule has 1 atom stereocenters. The number of piperidine rings is 1. The first-order valence-corrected chi connectivity index (χ1v) is 10.8. The highest BCUT2D eigenvalue weighted by molar-refractivity contribution is 7.99. The predicted octanol–water partition coefficient (Wildman–Crippen LogP) is 4.30. The summed E-state index contributed by atoms with van der Waals surface area (Å²) < 4.78 is 13.8. The molecule has 1 aliphatic rings. The van der Waals surface area contributed by atoms with Crippen molar-refractivity contribution in [2.45, 2.75) is 29.3 Å². The van der Waals surface area contributed by atoms with E-state index in [0.29, 0.717) is 12.1 Å². The molecule has 0 aliphatic carbocycles. The van der Waals surface area contributed by atoms with Crippen molar-refractivity contribution < 1.29 is 9.18 Å². The summed E-state index contributed by atoms with van der Waals surface area (Å²) in [4.78, 5) is 25.0. The van der Waals surface area contributed by atoms with Gasteiger partial charge in [-0.15, -0.1) is 0 Å². The zero-order valence-electron chi connectivity index (χ0n) is 16.5. The van der Waals surface area contributed by atoms with E-state index in [2.05, 4.69) is 20.2 Å². The number of amides is 1. The van der Waals surface area contributed by atoms with Crippen LogP contribution in [0.3, 0.4) is 0 Å². The Labute approximate surface area is 179 Å². The number of hydrogen-bond donors (Lipinski definition) is 1. The van der Waals surface area contributed by atoms with E-state index in [9.17, 15) is 9.18 Å². The van der Waals surface area contributed by atoms with Gasteiger partial charge in [-0.25, -0.2) is 14.4 Å². The van der Waals surface area contributed by atoms with Crippen molar-refractivity contribution in [2.75, 3.05) is 18.0 Å². The Kier molecular flexibility index (Phi) is 6.59. The Hall–Kier alpha value is -2.93. The molecule has 1 fully saturated rings. The van der Waals surface area contributed by atoms with E-state index in [1.54, 1.807) is 42.4 Å². The van der Waals surface area contributed by atoms with Crippen LogP contribution in [0.5, 0.6) is 0 Å². The van der Waals surface area contributed by atoms with Gasteiger partial charge in [-0.05, 0) is 31.0 Å². The first-order chi connectivity index (χ1) is 14.7. The maximum Gasteiger partial charge on any atom is 0.225 e. The van der Waals surface area contributed by atoms with Crippen molar-refractivity contribution in [3.8, 4) is 0 Å². The molecule has 1 aliphatic heterocycles. The number of halogens is 1. The molecule has 0 saturated carbocycles. The van der Waals surface area contributed by atoms with E-state index in [-0.39, 0.29) is 24.2 Å². The van der Waals surface area contributed by atoms with Crippen LogP contribution in [0.25, 0.3) is 0 Å². The van der Waals surface area contributed by atoms with Crippen LogP contribution in [-0.4, -0.2) is 29.0 Å². The quantitative estimate of drug-likeness (QED) is 0.642. The highest BCUT2D eigenvalue weighted by Crippen LogP contribution is 2.33. The fraction of sp³-hybridized carbons (Fsp3) is 0.261. The minimum atomic E-state index is -0.301. The first kappa shape index (κ1) is 20.3. The molecule has 1 saturated heterocycles. The summed E-state index contributed by atoms with van der Waals surface area (Å²) in [6.45, 7) is 1.60. The molecule has 3 aromatic rings. The van der Waals surface area contributed by atoms with Crippen molar-refractivity contribution >= 4 is 23.5 Å². The van der Waals surface area contributed by atoms with E-state index in [1.807, 2.05) is 30.3 Å². The van der Waals surface area contributed by atoms with Crippen LogP contribution in [-0.2, 0) is 11.3 Å². The van der Waals surface area contributed by atoms with Gasteiger partial charge < -0.3 is 10.2 Å². The SMILES string of the molecule is O=C(NCc1ccccc1F)C1CCCN(c2nccnc2Sc2ccccc2)C1. The van der Waals surface area contributed by atoms with Crippen molar-refractivity contribution in [1.29, 1.82) is 0 Å². The molecule has 0 bridgehead atoms. The minimum Gasteiger partial charge on any atom is -0.354 e. The van der Waals surface area contributed by atoms with E-state index >= 15 is 0 Å². The lowest BCUT2D eigenvalue weighted by molar-refractivity contribution is -0.125. The van der Waals surface area contributed by atoms with Crippen LogP contribution in [0, 0.1) is 11.7 Å². The molecule has 7 heteroatoms. The fourth-order valence-corrected chi connectivity index (χ4v) is 4.46. The third-order valence-electron chi connectivity index (χ3n) is 5.11. The minimum absolute atomic E-state index is 0.0518. The van der Waals surface area contributed by atoms with Crippen molar-refractivity contribution in [3.05, 3.63) is 78.4 Å². The maximum absolute atomic E-state index is 13.8. The van der Waals surface area contributed by atoms with E-state index < -0.39 is 0 Å². The number of benzene rings is 2. The zero-order chi connectivity index (χ0) is 20.8. The molecule has 2 aromatic carbocycles. The number of carbonyl (C=O) groups is 1. The van der Waals surface area contributed by atoms with Gasteiger partial charge in [0.1, 0.15) is 10.8 Å². The second kappa shape index (κ2) is 9.71. The van der Waals surface area contributed by atoms with Gasteiger partial charge in [0.25, 0.3) is 0 Å². The van der Waals surface area contributed by atoms with Crippen molar-refractivity contribution in [2.24, 2.45) is 5.92 Å². The number of rotatable bonds is 6. The summed E-state index contributed by atoms with van der Waals surface area (Å²) in [5, 5.41) is 3.72. The summed E-state index contributed by atoms with van der Waals surface area (Å²) >= 11 is 1.57. The Bertz CT molecular complexity index is 1000. The smallest absolute Gasteiger partial charge is 0.225 e. The number of anilines is 1. The molecule has 1 N–H and O–H groups in total. The standard InChI is InChI=1S/C23H23FN4OS/c24-20-11-5-4-7-17(20)15-27-22(29)18-8-6-14-28(16-18)21-23(26-13-12-25-21)30-19-9-2-1-3-10-19/h1-5,7,9-13,18H,6,8,14-16H2,(H,27,29). The average molecular weight is 423 g/mol. The van der Waals surface area contributed by atoms with Crippen LogP contribution in [0.2, 0.25) is 0 Å². The molecule has 154 valence electrons. The summed E-state index contributed by atoms with van der Waals surface area (Å²) in [5.41, 5.74) is 0.494. The number of carbonyl (C=O) groups excluding carboxylic acids is 1. The Morgan fingerprint density at radius 2 is 1.87 bits per heavy atom. The highest BCUT2D eigenvalue weighted by Gasteiger charge is 2.28. The number of nitrogens with zero attached hydrogens (tertiary/aromatic N) is 3. The second-order valence-electron chi connectivity index (χ2n) is 7.19. The number of nitrogens with one attached hydrogen (secondary N) is 1. The van der Waals surface area contributed by atoms with Gasteiger partial charge >= 0.3 is 0 Å². The Balaban J connectivity index is 1.43. The van der Waals surface area contributed by atoms with Crippen LogP contribution < -0.4 is 10.2 Å². The predicted molar refractivity (Wildman–Crippen MR) is 116 cm³/mol. The molecular weight excluding hydrogens is 399 g/mol. The lowest BCUT2D eigenvalue weighted by Gasteiger charge is -2.33. The van der Waals surface area contributed by atoms with Gasteiger partial charge in [-0.3, -0.25) is 4.79 Å². The molecule has 30 heavy (non-hydrogen) atoms. The van der Waals surface area contributed by atoms with Gasteiger partial charge in [0.15, 0.2) is 5.82 Å². The van der Waals surface area contributed by atoms with E-state index in [4.69, 9.17) is 0 Å². The van der Waals surface area contributed by atoms with Crippen LogP contribution >= 0.6 is 11.8 Å². The van der Waals surface area contributed by atoms with Crippen molar-refractivity contribution in [1.82, 2.24) is 15.3 Å².